The first-order chi connectivity index (χ1) is 17.0. The van der Waals surface area contributed by atoms with Crippen molar-refractivity contribution in [3.05, 3.63) is 70.2 Å². The van der Waals surface area contributed by atoms with Gasteiger partial charge in [-0.1, -0.05) is 29.8 Å². The molecular weight excluding hydrogens is 462 g/mol. The van der Waals surface area contributed by atoms with Crippen molar-refractivity contribution in [3.8, 4) is 11.5 Å². The van der Waals surface area contributed by atoms with Crippen LogP contribution in [0.15, 0.2) is 48.7 Å². The third-order valence-electron chi connectivity index (χ3n) is 5.80. The van der Waals surface area contributed by atoms with Crippen molar-refractivity contribution in [2.75, 3.05) is 31.6 Å². The summed E-state index contributed by atoms with van der Waals surface area (Å²) in [5.74, 6) is 0.576. The Morgan fingerprint density at radius 1 is 1.06 bits per heavy atom. The molecule has 0 spiro atoms. The number of benzene rings is 2. The van der Waals surface area contributed by atoms with Gasteiger partial charge in [-0.05, 0) is 56.9 Å². The molecule has 1 aromatic heterocycles. The van der Waals surface area contributed by atoms with Crippen LogP contribution < -0.4 is 14.8 Å². The van der Waals surface area contributed by atoms with E-state index in [9.17, 15) is 9.59 Å². The number of ether oxygens (including phenoxy) is 2. The number of nitrogens with zero attached hydrogens (tertiary/aromatic N) is 2. The molecule has 4 rings (SSSR count). The quantitative estimate of drug-likeness (QED) is 0.449. The van der Waals surface area contributed by atoms with Crippen LogP contribution in [-0.4, -0.2) is 48.0 Å². The summed E-state index contributed by atoms with van der Waals surface area (Å²) in [5, 5.41) is 3.41. The molecule has 1 aliphatic heterocycles. The van der Waals surface area contributed by atoms with Gasteiger partial charge >= 0.3 is 0 Å². The number of aromatic nitrogens is 1. The normalized spacial score (nSPS) is 13.4. The maximum Gasteiger partial charge on any atom is 0.260 e. The smallest absolute Gasteiger partial charge is 0.260 e. The first-order valence-corrected chi connectivity index (χ1v) is 12.8. The number of thiazole rings is 1. The van der Waals surface area contributed by atoms with E-state index in [2.05, 4.69) is 35.4 Å². The Morgan fingerprint density at radius 3 is 2.66 bits per heavy atom. The molecule has 35 heavy (non-hydrogen) atoms. The summed E-state index contributed by atoms with van der Waals surface area (Å²) in [6, 6.07) is 13.3. The Balaban J connectivity index is 1.38. The molecule has 184 valence electrons. The van der Waals surface area contributed by atoms with Gasteiger partial charge in [-0.3, -0.25) is 14.9 Å². The van der Waals surface area contributed by atoms with Gasteiger partial charge in [0.05, 0.1) is 6.61 Å². The van der Waals surface area contributed by atoms with Crippen LogP contribution in [0.3, 0.4) is 0 Å². The number of rotatable bonds is 9. The van der Waals surface area contributed by atoms with E-state index in [0.717, 1.165) is 43.6 Å². The number of nitrogens with one attached hydrogen (secondary N) is 1. The van der Waals surface area contributed by atoms with Crippen LogP contribution in [0.1, 0.15) is 52.5 Å². The second-order valence-corrected chi connectivity index (χ2v) is 9.69. The third kappa shape index (κ3) is 6.82. The molecule has 2 heterocycles. The zero-order chi connectivity index (χ0) is 24.6. The number of anilines is 1. The monoisotopic (exact) mass is 493 g/mol. The molecule has 1 saturated heterocycles. The van der Waals surface area contributed by atoms with E-state index in [0.29, 0.717) is 28.8 Å². The van der Waals surface area contributed by atoms with Crippen molar-refractivity contribution in [3.63, 3.8) is 0 Å². The summed E-state index contributed by atoms with van der Waals surface area (Å²) >= 11 is 1.46. The average Bonchev–Trinajstić information content (AvgIpc) is 3.30. The number of carbonyl (C=O) groups is 2. The van der Waals surface area contributed by atoms with E-state index >= 15 is 0 Å². The van der Waals surface area contributed by atoms with Gasteiger partial charge in [-0.15, -0.1) is 11.3 Å². The summed E-state index contributed by atoms with van der Waals surface area (Å²) in [6.45, 7) is 5.86. The molecule has 8 heteroatoms. The van der Waals surface area contributed by atoms with Crippen LogP contribution in [0.4, 0.5) is 5.13 Å². The maximum atomic E-state index is 12.9. The van der Waals surface area contributed by atoms with E-state index in [4.69, 9.17) is 9.47 Å². The molecule has 0 saturated carbocycles. The minimum atomic E-state index is -0.279. The number of likely N-dealkylation sites (tertiary alicyclic amines) is 1. The Kier molecular flexibility index (Phi) is 8.36. The number of piperidine rings is 1. The molecule has 2 aromatic carbocycles. The molecule has 0 aliphatic carbocycles. The maximum absolute atomic E-state index is 12.9. The molecule has 0 unspecified atom stereocenters. The van der Waals surface area contributed by atoms with Gasteiger partial charge in [0.2, 0.25) is 0 Å². The summed E-state index contributed by atoms with van der Waals surface area (Å²) in [5.41, 5.74) is 2.86. The highest BCUT2D eigenvalue weighted by Crippen LogP contribution is 2.30. The summed E-state index contributed by atoms with van der Waals surface area (Å²) < 4.78 is 11.5. The highest BCUT2D eigenvalue weighted by atomic mass is 32.1. The molecule has 0 atom stereocenters. The van der Waals surface area contributed by atoms with E-state index in [1.807, 2.05) is 17.9 Å². The van der Waals surface area contributed by atoms with Crippen LogP contribution >= 0.6 is 11.3 Å². The van der Waals surface area contributed by atoms with E-state index in [1.54, 1.807) is 24.4 Å². The van der Waals surface area contributed by atoms with Crippen molar-refractivity contribution in [1.82, 2.24) is 9.88 Å². The van der Waals surface area contributed by atoms with Crippen LogP contribution in [0, 0.1) is 6.92 Å². The molecule has 7 nitrogen and oxygen atoms in total. The van der Waals surface area contributed by atoms with Crippen LogP contribution in [0.2, 0.25) is 0 Å². The van der Waals surface area contributed by atoms with Gasteiger partial charge in [0.1, 0.15) is 0 Å². The predicted octanol–water partition coefficient (Wildman–Crippen LogP) is 5.08. The fourth-order valence-corrected chi connectivity index (χ4v) is 4.89. The Bertz CT molecular complexity index is 1170. The number of aryl methyl sites for hydroxylation is 1. The first-order valence-electron chi connectivity index (χ1n) is 12.0. The second-order valence-electron chi connectivity index (χ2n) is 8.58. The van der Waals surface area contributed by atoms with Crippen LogP contribution in [-0.2, 0) is 11.2 Å². The topological polar surface area (TPSA) is 80.8 Å². The summed E-state index contributed by atoms with van der Waals surface area (Å²) in [6.07, 6.45) is 5.80. The Labute approximate surface area is 210 Å². The molecule has 2 amide bonds. The van der Waals surface area contributed by atoms with Crippen molar-refractivity contribution in [1.29, 1.82) is 0 Å². The minimum absolute atomic E-state index is 0.0285. The zero-order valence-corrected chi connectivity index (χ0v) is 21.0. The Hall–Kier alpha value is -3.39. The highest BCUT2D eigenvalue weighted by molar-refractivity contribution is 7.15. The number of carbonyl (C=O) groups excluding carboxylic acids is 2. The van der Waals surface area contributed by atoms with E-state index in [-0.39, 0.29) is 18.4 Å². The largest absolute Gasteiger partial charge is 0.490 e. The molecule has 1 aliphatic rings. The van der Waals surface area contributed by atoms with Gasteiger partial charge in [0, 0.05) is 36.1 Å². The molecule has 0 bridgehead atoms. The molecule has 1 fully saturated rings. The minimum Gasteiger partial charge on any atom is -0.490 e. The molecule has 1 N–H and O–H groups in total. The van der Waals surface area contributed by atoms with Crippen LogP contribution in [0.25, 0.3) is 0 Å². The van der Waals surface area contributed by atoms with Gasteiger partial charge in [-0.2, -0.15) is 0 Å². The summed E-state index contributed by atoms with van der Waals surface area (Å²) in [7, 11) is 0. The standard InChI is InChI=1S/C27H31N3O4S/c1-3-33-24-16-21(10-11-23(24)34-18-25(31)30-12-5-4-6-13-30)26(32)29-27-28-17-22(35-27)15-20-9-7-8-19(2)14-20/h7-11,14,16-17H,3-6,12-13,15,18H2,1-2H3,(H,28,29,32). The number of hydrogen-bond acceptors (Lipinski definition) is 6. The van der Waals surface area contributed by atoms with E-state index in [1.165, 1.54) is 22.5 Å². The number of hydrogen-bond donors (Lipinski definition) is 1. The van der Waals surface area contributed by atoms with Gasteiger partial charge in [-0.25, -0.2) is 4.98 Å². The molecular formula is C27H31N3O4S. The van der Waals surface area contributed by atoms with Crippen molar-refractivity contribution in [2.45, 2.75) is 39.5 Å². The lowest BCUT2D eigenvalue weighted by atomic mass is 10.1. The average molecular weight is 494 g/mol. The summed E-state index contributed by atoms with van der Waals surface area (Å²) in [4.78, 5) is 32.6. The third-order valence-corrected chi connectivity index (χ3v) is 6.71. The lowest BCUT2D eigenvalue weighted by molar-refractivity contribution is -0.134. The molecule has 3 aromatic rings. The zero-order valence-electron chi connectivity index (χ0n) is 20.2. The second kappa shape index (κ2) is 11.8. The van der Waals surface area contributed by atoms with Gasteiger partial charge in [0.25, 0.3) is 11.8 Å². The van der Waals surface area contributed by atoms with Gasteiger partial charge in [0.15, 0.2) is 23.2 Å². The van der Waals surface area contributed by atoms with Gasteiger partial charge < -0.3 is 14.4 Å². The molecule has 0 radical (unpaired) electrons. The lowest BCUT2D eigenvalue weighted by Crippen LogP contribution is -2.38. The van der Waals surface area contributed by atoms with Crippen molar-refractivity contribution in [2.24, 2.45) is 0 Å². The lowest BCUT2D eigenvalue weighted by Gasteiger charge is -2.26. The van der Waals surface area contributed by atoms with Crippen LogP contribution in [0.5, 0.6) is 11.5 Å². The first kappa shape index (κ1) is 24.7. The fourth-order valence-electron chi connectivity index (χ4n) is 4.05. The van der Waals surface area contributed by atoms with E-state index < -0.39 is 0 Å². The predicted molar refractivity (Wildman–Crippen MR) is 138 cm³/mol. The fraction of sp³-hybridized carbons (Fsp3) is 0.370. The highest BCUT2D eigenvalue weighted by Gasteiger charge is 2.19. The van der Waals surface area contributed by atoms with Crippen molar-refractivity contribution < 1.29 is 19.1 Å². The SMILES string of the molecule is CCOc1cc(C(=O)Nc2ncc(Cc3cccc(C)c3)s2)ccc1OCC(=O)N1CCCCC1. The number of amides is 2. The Morgan fingerprint density at radius 2 is 1.89 bits per heavy atom. The van der Waals surface area contributed by atoms with Crippen molar-refractivity contribution >= 4 is 28.3 Å².